The van der Waals surface area contributed by atoms with Crippen molar-refractivity contribution in [3.63, 3.8) is 0 Å². The first-order chi connectivity index (χ1) is 11.1. The zero-order valence-electron chi connectivity index (χ0n) is 13.8. The van der Waals surface area contributed by atoms with Gasteiger partial charge in [0.1, 0.15) is 0 Å². The zero-order valence-corrected chi connectivity index (χ0v) is 13.8. The van der Waals surface area contributed by atoms with E-state index in [0.29, 0.717) is 24.2 Å². The third kappa shape index (κ3) is 3.02. The second-order valence-electron chi connectivity index (χ2n) is 6.18. The summed E-state index contributed by atoms with van der Waals surface area (Å²) in [6.07, 6.45) is 7.72. The van der Waals surface area contributed by atoms with Gasteiger partial charge in [0.2, 0.25) is 5.95 Å². The molecule has 0 radical (unpaired) electrons. The van der Waals surface area contributed by atoms with Crippen LogP contribution in [0, 0.1) is 23.7 Å². The number of carbonyl (C=O) groups excluding carboxylic acids is 1. The molecule has 0 bridgehead atoms. The highest BCUT2D eigenvalue weighted by molar-refractivity contribution is 5.74. The predicted molar refractivity (Wildman–Crippen MR) is 86.2 cm³/mol. The fourth-order valence-electron chi connectivity index (χ4n) is 3.63. The molecule has 1 aliphatic heterocycles. The number of aromatic nitrogens is 2. The van der Waals surface area contributed by atoms with Crippen LogP contribution in [0.1, 0.15) is 13.8 Å². The van der Waals surface area contributed by atoms with Crippen molar-refractivity contribution < 1.29 is 14.3 Å². The van der Waals surface area contributed by atoms with Gasteiger partial charge < -0.3 is 14.4 Å². The van der Waals surface area contributed by atoms with E-state index in [1.165, 1.54) is 0 Å². The predicted octanol–water partition coefficient (Wildman–Crippen LogP) is 1.92. The molecule has 0 aromatic carbocycles. The van der Waals surface area contributed by atoms with Crippen LogP contribution in [0.5, 0.6) is 5.75 Å². The van der Waals surface area contributed by atoms with E-state index in [4.69, 9.17) is 9.47 Å². The number of anilines is 1. The van der Waals surface area contributed by atoms with Gasteiger partial charge in [0.25, 0.3) is 0 Å². The summed E-state index contributed by atoms with van der Waals surface area (Å²) < 4.78 is 10.4. The quantitative estimate of drug-likeness (QED) is 0.624. The van der Waals surface area contributed by atoms with Crippen molar-refractivity contribution in [3.05, 3.63) is 24.5 Å². The van der Waals surface area contributed by atoms with Crippen molar-refractivity contribution in [2.45, 2.75) is 13.8 Å². The lowest BCUT2D eigenvalue weighted by Gasteiger charge is -2.31. The molecule has 1 fully saturated rings. The van der Waals surface area contributed by atoms with E-state index >= 15 is 0 Å². The molecule has 0 spiro atoms. The lowest BCUT2D eigenvalue weighted by molar-refractivity contribution is -0.151. The lowest BCUT2D eigenvalue weighted by atomic mass is 9.72. The number of hydrogen-bond acceptors (Lipinski definition) is 6. The van der Waals surface area contributed by atoms with Crippen molar-refractivity contribution in [3.8, 4) is 5.75 Å². The molecular weight excluding hydrogens is 294 g/mol. The van der Waals surface area contributed by atoms with Crippen LogP contribution in [0.2, 0.25) is 0 Å². The van der Waals surface area contributed by atoms with Gasteiger partial charge in [-0.2, -0.15) is 0 Å². The first-order valence-electron chi connectivity index (χ1n) is 8.10. The maximum atomic E-state index is 12.4. The number of rotatable bonds is 4. The topological polar surface area (TPSA) is 64.5 Å². The second kappa shape index (κ2) is 6.56. The standard InChI is InChI=1S/C17H23N3O3/c1-4-23-16(21)15-11(2)5-6-12-9-20(10-14(12)15)17-18-7-13(22-3)8-19-17/h5-8,11-12,14-15H,4,9-10H2,1-3H3/t11-,12-,14-,15-/m0/s1. The van der Waals surface area contributed by atoms with Gasteiger partial charge >= 0.3 is 5.97 Å². The number of nitrogens with zero attached hydrogens (tertiary/aromatic N) is 3. The van der Waals surface area contributed by atoms with Crippen LogP contribution < -0.4 is 9.64 Å². The van der Waals surface area contributed by atoms with E-state index < -0.39 is 0 Å². The normalized spacial score (nSPS) is 29.3. The second-order valence-corrected chi connectivity index (χ2v) is 6.18. The molecule has 0 amide bonds. The fraction of sp³-hybridized carbons (Fsp3) is 0.588. The Bertz CT molecular complexity index is 587. The number of methoxy groups -OCH3 is 1. The van der Waals surface area contributed by atoms with Crippen LogP contribution in [-0.2, 0) is 9.53 Å². The van der Waals surface area contributed by atoms with Gasteiger partial charge in [-0.3, -0.25) is 4.79 Å². The van der Waals surface area contributed by atoms with E-state index in [0.717, 1.165) is 13.1 Å². The largest absolute Gasteiger partial charge is 0.494 e. The van der Waals surface area contributed by atoms with E-state index in [9.17, 15) is 4.79 Å². The van der Waals surface area contributed by atoms with E-state index in [-0.39, 0.29) is 23.7 Å². The Morgan fingerprint density at radius 1 is 1.30 bits per heavy atom. The molecule has 1 aliphatic carbocycles. The van der Waals surface area contributed by atoms with Crippen LogP contribution in [0.25, 0.3) is 0 Å². The number of fused-ring (bicyclic) bond motifs is 1. The molecule has 2 aliphatic rings. The molecule has 124 valence electrons. The lowest BCUT2D eigenvalue weighted by Crippen LogP contribution is -2.37. The van der Waals surface area contributed by atoms with Crippen molar-refractivity contribution in [1.29, 1.82) is 0 Å². The van der Waals surface area contributed by atoms with Crippen molar-refractivity contribution >= 4 is 11.9 Å². The summed E-state index contributed by atoms with van der Waals surface area (Å²) in [7, 11) is 1.60. The molecule has 0 N–H and O–H groups in total. The van der Waals surface area contributed by atoms with Gasteiger partial charge in [-0.25, -0.2) is 9.97 Å². The molecule has 6 nitrogen and oxygen atoms in total. The minimum atomic E-state index is -0.0896. The molecule has 3 rings (SSSR count). The molecule has 2 heterocycles. The Hall–Kier alpha value is -2.11. The third-order valence-electron chi connectivity index (χ3n) is 4.79. The minimum Gasteiger partial charge on any atom is -0.494 e. The highest BCUT2D eigenvalue weighted by Crippen LogP contribution is 2.40. The SMILES string of the molecule is CCOC(=O)[C@@H]1[C@H]2CN(c3ncc(OC)cn3)C[C@@H]2C=C[C@@H]1C. The first kappa shape index (κ1) is 15.8. The molecule has 1 aromatic heterocycles. The number of allylic oxidation sites excluding steroid dienone is 1. The Morgan fingerprint density at radius 3 is 2.70 bits per heavy atom. The molecule has 0 unspecified atom stereocenters. The average molecular weight is 317 g/mol. The van der Waals surface area contributed by atoms with Gasteiger partial charge in [0.05, 0.1) is 32.0 Å². The molecule has 6 heteroatoms. The van der Waals surface area contributed by atoms with Crippen LogP contribution in [0.15, 0.2) is 24.5 Å². The van der Waals surface area contributed by atoms with Gasteiger partial charge in [-0.1, -0.05) is 19.1 Å². The van der Waals surface area contributed by atoms with Gasteiger partial charge in [0.15, 0.2) is 5.75 Å². The van der Waals surface area contributed by atoms with Crippen molar-refractivity contribution in [1.82, 2.24) is 9.97 Å². The van der Waals surface area contributed by atoms with Gasteiger partial charge in [0, 0.05) is 13.1 Å². The van der Waals surface area contributed by atoms with Crippen LogP contribution in [-0.4, -0.2) is 42.7 Å². The van der Waals surface area contributed by atoms with Crippen LogP contribution in [0.4, 0.5) is 5.95 Å². The first-order valence-corrected chi connectivity index (χ1v) is 8.10. The maximum Gasteiger partial charge on any atom is 0.309 e. The molecule has 1 aromatic rings. The third-order valence-corrected chi connectivity index (χ3v) is 4.79. The smallest absolute Gasteiger partial charge is 0.309 e. The number of ether oxygens (including phenoxy) is 2. The Balaban J connectivity index is 1.78. The molecule has 0 saturated carbocycles. The minimum absolute atomic E-state index is 0.0863. The van der Waals surface area contributed by atoms with Crippen molar-refractivity contribution in [2.24, 2.45) is 23.7 Å². The molecule has 1 saturated heterocycles. The summed E-state index contributed by atoms with van der Waals surface area (Å²) in [4.78, 5) is 23.2. The van der Waals surface area contributed by atoms with Crippen LogP contribution in [0.3, 0.4) is 0 Å². The maximum absolute atomic E-state index is 12.4. The highest BCUT2D eigenvalue weighted by Gasteiger charge is 2.45. The summed E-state index contributed by atoms with van der Waals surface area (Å²) in [6.45, 7) is 5.96. The van der Waals surface area contributed by atoms with E-state index in [1.54, 1.807) is 19.5 Å². The monoisotopic (exact) mass is 317 g/mol. The zero-order chi connectivity index (χ0) is 16.4. The Kier molecular flexibility index (Phi) is 4.50. The number of esters is 1. The van der Waals surface area contributed by atoms with Crippen LogP contribution >= 0.6 is 0 Å². The molecule has 4 atom stereocenters. The average Bonchev–Trinajstić information content (AvgIpc) is 2.99. The number of carbonyl (C=O) groups is 1. The van der Waals surface area contributed by atoms with Gasteiger partial charge in [-0.15, -0.1) is 0 Å². The van der Waals surface area contributed by atoms with Gasteiger partial charge in [-0.05, 0) is 24.7 Å². The summed E-state index contributed by atoms with van der Waals surface area (Å²) in [5.74, 6) is 1.94. The highest BCUT2D eigenvalue weighted by atomic mass is 16.5. The van der Waals surface area contributed by atoms with Crippen molar-refractivity contribution in [2.75, 3.05) is 31.7 Å². The summed E-state index contributed by atoms with van der Waals surface area (Å²) >= 11 is 0. The Labute approximate surface area is 136 Å². The van der Waals surface area contributed by atoms with E-state index in [1.807, 2.05) is 6.92 Å². The van der Waals surface area contributed by atoms with E-state index in [2.05, 4.69) is 33.9 Å². The summed E-state index contributed by atoms with van der Waals surface area (Å²) in [5.41, 5.74) is 0. The molecular formula is C17H23N3O3. The summed E-state index contributed by atoms with van der Waals surface area (Å²) in [5, 5.41) is 0. The summed E-state index contributed by atoms with van der Waals surface area (Å²) in [6, 6.07) is 0. The Morgan fingerprint density at radius 2 is 2.04 bits per heavy atom. The number of hydrogen-bond donors (Lipinski definition) is 0. The molecule has 23 heavy (non-hydrogen) atoms. The fourth-order valence-corrected chi connectivity index (χ4v) is 3.63.